The van der Waals surface area contributed by atoms with Gasteiger partial charge in [-0.15, -0.1) is 11.3 Å². The Morgan fingerprint density at radius 3 is 3.00 bits per heavy atom. The Bertz CT molecular complexity index is 593. The Hall–Kier alpha value is -1.88. The molecule has 5 heteroatoms. The summed E-state index contributed by atoms with van der Waals surface area (Å²) >= 11 is 1.62. The van der Waals surface area contributed by atoms with Gasteiger partial charge in [-0.3, -0.25) is 4.79 Å². The van der Waals surface area contributed by atoms with Crippen LogP contribution in [0.3, 0.4) is 0 Å². The lowest BCUT2D eigenvalue weighted by atomic mass is 10.1. The molecule has 3 rings (SSSR count). The van der Waals surface area contributed by atoms with Crippen molar-refractivity contribution in [1.29, 1.82) is 0 Å². The summed E-state index contributed by atoms with van der Waals surface area (Å²) in [6.45, 7) is 2.07. The van der Waals surface area contributed by atoms with E-state index in [0.29, 0.717) is 11.6 Å². The highest BCUT2D eigenvalue weighted by Crippen LogP contribution is 2.22. The molecule has 0 radical (unpaired) electrons. The third-order valence-electron chi connectivity index (χ3n) is 3.24. The molecule has 1 unspecified atom stereocenters. The second-order valence-corrected chi connectivity index (χ2v) is 5.99. The summed E-state index contributed by atoms with van der Waals surface area (Å²) in [6.07, 6.45) is 4.01. The molecule has 1 saturated carbocycles. The molecule has 2 N–H and O–H groups in total. The summed E-state index contributed by atoms with van der Waals surface area (Å²) in [5.74, 6) is 0.0121. The van der Waals surface area contributed by atoms with E-state index in [2.05, 4.69) is 22.5 Å². The molecule has 1 aliphatic rings. The van der Waals surface area contributed by atoms with Crippen LogP contribution < -0.4 is 10.6 Å². The van der Waals surface area contributed by atoms with Crippen LogP contribution in [-0.4, -0.2) is 16.9 Å². The number of anilines is 1. The van der Waals surface area contributed by atoms with E-state index < -0.39 is 0 Å². The standard InChI is InChI=1S/C15H17N3OS/c1-10(15-16-7-8-20-15)17-13-4-2-3-11(9-13)14(19)18-12-5-6-12/h2-4,7-10,12,17H,5-6H2,1H3,(H,18,19). The maximum Gasteiger partial charge on any atom is 0.251 e. The van der Waals surface area contributed by atoms with Gasteiger partial charge in [0, 0.05) is 28.9 Å². The van der Waals surface area contributed by atoms with Gasteiger partial charge in [-0.25, -0.2) is 4.98 Å². The fourth-order valence-corrected chi connectivity index (χ4v) is 2.65. The van der Waals surface area contributed by atoms with E-state index in [4.69, 9.17) is 0 Å². The molecule has 1 atom stereocenters. The lowest BCUT2D eigenvalue weighted by molar-refractivity contribution is 0.0951. The number of hydrogen-bond donors (Lipinski definition) is 2. The Morgan fingerprint density at radius 2 is 2.30 bits per heavy atom. The van der Waals surface area contributed by atoms with Gasteiger partial charge < -0.3 is 10.6 Å². The van der Waals surface area contributed by atoms with Crippen LogP contribution in [0.15, 0.2) is 35.8 Å². The zero-order valence-electron chi connectivity index (χ0n) is 11.3. The molecule has 1 aliphatic carbocycles. The quantitative estimate of drug-likeness (QED) is 0.888. The van der Waals surface area contributed by atoms with Crippen LogP contribution in [0.5, 0.6) is 0 Å². The zero-order chi connectivity index (χ0) is 13.9. The van der Waals surface area contributed by atoms with E-state index in [1.165, 1.54) is 0 Å². The monoisotopic (exact) mass is 287 g/mol. The largest absolute Gasteiger partial charge is 0.376 e. The summed E-state index contributed by atoms with van der Waals surface area (Å²) in [6, 6.07) is 8.13. The number of thiazole rings is 1. The van der Waals surface area contributed by atoms with Crippen molar-refractivity contribution in [2.24, 2.45) is 0 Å². The number of nitrogens with one attached hydrogen (secondary N) is 2. The van der Waals surface area contributed by atoms with E-state index in [1.54, 1.807) is 17.5 Å². The third-order valence-corrected chi connectivity index (χ3v) is 4.20. The molecule has 1 fully saturated rings. The van der Waals surface area contributed by atoms with Crippen molar-refractivity contribution in [1.82, 2.24) is 10.3 Å². The molecule has 4 nitrogen and oxygen atoms in total. The number of aromatic nitrogens is 1. The van der Waals surface area contributed by atoms with Gasteiger partial charge in [-0.05, 0) is 38.0 Å². The lowest BCUT2D eigenvalue weighted by Gasteiger charge is -2.13. The summed E-state index contributed by atoms with van der Waals surface area (Å²) in [5.41, 5.74) is 1.64. The number of carbonyl (C=O) groups excluding carboxylic acids is 1. The molecule has 0 saturated heterocycles. The Balaban J connectivity index is 1.68. The predicted molar refractivity (Wildman–Crippen MR) is 81.1 cm³/mol. The van der Waals surface area contributed by atoms with Crippen molar-refractivity contribution in [2.45, 2.75) is 31.8 Å². The van der Waals surface area contributed by atoms with Gasteiger partial charge in [0.25, 0.3) is 5.91 Å². The van der Waals surface area contributed by atoms with Crippen molar-refractivity contribution in [3.05, 3.63) is 46.4 Å². The molecule has 104 valence electrons. The molecule has 0 spiro atoms. The van der Waals surface area contributed by atoms with Gasteiger partial charge >= 0.3 is 0 Å². The molecule has 20 heavy (non-hydrogen) atoms. The van der Waals surface area contributed by atoms with Crippen molar-refractivity contribution in [3.63, 3.8) is 0 Å². The van der Waals surface area contributed by atoms with Crippen molar-refractivity contribution < 1.29 is 4.79 Å². The summed E-state index contributed by atoms with van der Waals surface area (Å²) in [5, 5.41) is 9.38. The Morgan fingerprint density at radius 1 is 1.45 bits per heavy atom. The maximum atomic E-state index is 12.0. The average molecular weight is 287 g/mol. The third kappa shape index (κ3) is 3.17. The van der Waals surface area contributed by atoms with Crippen molar-refractivity contribution >= 4 is 22.9 Å². The van der Waals surface area contributed by atoms with E-state index in [1.807, 2.05) is 29.6 Å². The number of nitrogens with zero attached hydrogens (tertiary/aromatic N) is 1. The molecule has 2 aromatic rings. The number of hydrogen-bond acceptors (Lipinski definition) is 4. The highest BCUT2D eigenvalue weighted by molar-refractivity contribution is 7.09. The number of amides is 1. The summed E-state index contributed by atoms with van der Waals surface area (Å²) < 4.78 is 0. The minimum Gasteiger partial charge on any atom is -0.376 e. The van der Waals surface area contributed by atoms with Crippen LogP contribution in [0.25, 0.3) is 0 Å². The van der Waals surface area contributed by atoms with Crippen molar-refractivity contribution in [2.75, 3.05) is 5.32 Å². The van der Waals surface area contributed by atoms with Crippen LogP contribution in [0, 0.1) is 0 Å². The van der Waals surface area contributed by atoms with Gasteiger partial charge in [-0.2, -0.15) is 0 Å². The fourth-order valence-electron chi connectivity index (χ4n) is 2.01. The first-order valence-corrected chi connectivity index (χ1v) is 7.67. The highest BCUT2D eigenvalue weighted by atomic mass is 32.1. The van der Waals surface area contributed by atoms with Crippen LogP contribution >= 0.6 is 11.3 Å². The smallest absolute Gasteiger partial charge is 0.251 e. The molecule has 1 aromatic carbocycles. The first kappa shape index (κ1) is 13.1. The zero-order valence-corrected chi connectivity index (χ0v) is 12.1. The lowest BCUT2D eigenvalue weighted by Crippen LogP contribution is -2.25. The topological polar surface area (TPSA) is 54.0 Å². The molecular formula is C15H17N3OS. The number of carbonyl (C=O) groups is 1. The predicted octanol–water partition coefficient (Wildman–Crippen LogP) is 3.21. The van der Waals surface area contributed by atoms with Crippen LogP contribution in [0.2, 0.25) is 0 Å². The molecule has 0 aliphatic heterocycles. The summed E-state index contributed by atoms with van der Waals surface area (Å²) in [4.78, 5) is 16.3. The fraction of sp³-hybridized carbons (Fsp3) is 0.333. The Kier molecular flexibility index (Phi) is 3.69. The van der Waals surface area contributed by atoms with Gasteiger partial charge in [-0.1, -0.05) is 6.07 Å². The molecule has 1 aromatic heterocycles. The van der Waals surface area contributed by atoms with Crippen LogP contribution in [0.1, 0.15) is 41.2 Å². The number of rotatable bonds is 5. The Labute approximate surface area is 122 Å². The number of benzene rings is 1. The van der Waals surface area contributed by atoms with Crippen LogP contribution in [-0.2, 0) is 0 Å². The maximum absolute atomic E-state index is 12.0. The van der Waals surface area contributed by atoms with E-state index in [9.17, 15) is 4.79 Å². The second-order valence-electron chi connectivity index (χ2n) is 5.06. The minimum atomic E-state index is 0.0121. The molecular weight excluding hydrogens is 270 g/mol. The second kappa shape index (κ2) is 5.63. The first-order valence-electron chi connectivity index (χ1n) is 6.79. The summed E-state index contributed by atoms with van der Waals surface area (Å²) in [7, 11) is 0. The van der Waals surface area contributed by atoms with E-state index in [-0.39, 0.29) is 11.9 Å². The van der Waals surface area contributed by atoms with Gasteiger partial charge in [0.2, 0.25) is 0 Å². The van der Waals surface area contributed by atoms with Gasteiger partial charge in [0.15, 0.2) is 0 Å². The SMILES string of the molecule is CC(Nc1cccc(C(=O)NC2CC2)c1)c1nccs1. The average Bonchev–Trinajstić information content (AvgIpc) is 3.08. The van der Waals surface area contributed by atoms with Crippen molar-refractivity contribution in [3.8, 4) is 0 Å². The molecule has 1 amide bonds. The minimum absolute atomic E-state index is 0.0121. The molecule has 1 heterocycles. The van der Waals surface area contributed by atoms with Gasteiger partial charge in [0.1, 0.15) is 5.01 Å². The van der Waals surface area contributed by atoms with E-state index in [0.717, 1.165) is 23.5 Å². The highest BCUT2D eigenvalue weighted by Gasteiger charge is 2.23. The molecule has 0 bridgehead atoms. The van der Waals surface area contributed by atoms with Crippen LogP contribution in [0.4, 0.5) is 5.69 Å². The normalized spacial score (nSPS) is 15.7. The van der Waals surface area contributed by atoms with E-state index >= 15 is 0 Å². The first-order chi connectivity index (χ1) is 9.72. The van der Waals surface area contributed by atoms with Gasteiger partial charge in [0.05, 0.1) is 6.04 Å².